The molecule has 2 aromatic rings. The number of halogens is 1. The number of hydrogen-bond acceptors (Lipinski definition) is 7. The van der Waals surface area contributed by atoms with Gasteiger partial charge in [0.25, 0.3) is 5.91 Å². The van der Waals surface area contributed by atoms with Gasteiger partial charge >= 0.3 is 0 Å². The first-order valence-electron chi connectivity index (χ1n) is 15.4. The molecule has 1 saturated carbocycles. The fraction of sp³-hybridized carbons (Fsp3) is 0.545. The third-order valence-corrected chi connectivity index (χ3v) is 12.3. The molecule has 2 N–H and O–H groups in total. The smallest absolute Gasteiger partial charge is 0.264 e. The Kier molecular flexibility index (Phi) is 8.54. The lowest BCUT2D eigenvalue weighted by atomic mass is 9.68. The predicted octanol–water partition coefficient (Wildman–Crippen LogP) is 5.01. The number of methoxy groups -OCH3 is 1. The van der Waals surface area contributed by atoms with E-state index in [0.29, 0.717) is 31.9 Å². The normalized spacial score (nSPS) is 32.8. The van der Waals surface area contributed by atoms with Crippen molar-refractivity contribution >= 4 is 33.2 Å². The fourth-order valence-electron chi connectivity index (χ4n) is 7.65. The topological polar surface area (TPSA) is 105 Å². The molecule has 1 spiro atoms. The van der Waals surface area contributed by atoms with Gasteiger partial charge in [0.1, 0.15) is 11.0 Å². The average molecular weight is 629 g/mol. The molecular weight excluding hydrogens is 588 g/mol. The van der Waals surface area contributed by atoms with Crippen LogP contribution in [-0.2, 0) is 26.6 Å². The second-order valence-corrected chi connectivity index (χ2v) is 15.0. The first kappa shape index (κ1) is 30.4. The summed E-state index contributed by atoms with van der Waals surface area (Å²) < 4.78 is 41.3. The summed E-state index contributed by atoms with van der Waals surface area (Å²) in [5, 5.41) is 11.0. The minimum Gasteiger partial charge on any atom is -0.490 e. The molecular formula is C33H41ClN2O6S. The van der Waals surface area contributed by atoms with Crippen molar-refractivity contribution in [2.75, 3.05) is 31.7 Å². The van der Waals surface area contributed by atoms with E-state index in [1.165, 1.54) is 18.2 Å². The molecule has 0 aromatic heterocycles. The van der Waals surface area contributed by atoms with Crippen LogP contribution in [0.1, 0.15) is 66.9 Å². The van der Waals surface area contributed by atoms with Gasteiger partial charge in [-0.05, 0) is 98.2 Å². The van der Waals surface area contributed by atoms with E-state index in [9.17, 15) is 18.3 Å². The maximum Gasteiger partial charge on any atom is 0.264 e. The summed E-state index contributed by atoms with van der Waals surface area (Å²) in [5.41, 5.74) is 3.25. The molecule has 232 valence electrons. The first-order chi connectivity index (χ1) is 20.6. The van der Waals surface area contributed by atoms with Crippen molar-refractivity contribution in [3.63, 3.8) is 0 Å². The summed E-state index contributed by atoms with van der Waals surface area (Å²) in [6.45, 7) is 3.63. The number of benzene rings is 2. The number of aryl methyl sites for hydroxylation is 1. The lowest BCUT2D eigenvalue weighted by Gasteiger charge is -2.45. The highest BCUT2D eigenvalue weighted by Gasteiger charge is 2.44. The minimum atomic E-state index is -4.06. The number of amides is 1. The number of aliphatic hydroxyl groups excluding tert-OH is 1. The number of nitrogens with one attached hydrogen (secondary N) is 1. The van der Waals surface area contributed by atoms with E-state index in [0.717, 1.165) is 42.8 Å². The van der Waals surface area contributed by atoms with E-state index in [1.807, 2.05) is 12.1 Å². The van der Waals surface area contributed by atoms with Crippen molar-refractivity contribution in [2.45, 2.75) is 74.7 Å². The van der Waals surface area contributed by atoms with E-state index in [-0.39, 0.29) is 29.2 Å². The Morgan fingerprint density at radius 3 is 2.79 bits per heavy atom. The van der Waals surface area contributed by atoms with Crippen molar-refractivity contribution in [3.8, 4) is 5.75 Å². The number of hydrogen-bond donors (Lipinski definition) is 2. The molecule has 2 heterocycles. The van der Waals surface area contributed by atoms with E-state index in [1.54, 1.807) is 31.2 Å². The zero-order valence-electron chi connectivity index (χ0n) is 24.8. The van der Waals surface area contributed by atoms with Crippen LogP contribution in [0.3, 0.4) is 0 Å². The van der Waals surface area contributed by atoms with Gasteiger partial charge in [-0.2, -0.15) is 0 Å². The maximum atomic E-state index is 13.5. The van der Waals surface area contributed by atoms with Gasteiger partial charge < -0.3 is 19.5 Å². The van der Waals surface area contributed by atoms with Crippen molar-refractivity contribution < 1.29 is 27.8 Å². The van der Waals surface area contributed by atoms with Crippen LogP contribution < -0.4 is 14.4 Å². The van der Waals surface area contributed by atoms with Crippen molar-refractivity contribution in [1.29, 1.82) is 0 Å². The Labute approximate surface area is 259 Å². The molecule has 0 saturated heterocycles. The zero-order valence-corrected chi connectivity index (χ0v) is 26.4. The number of fused-ring (bicyclic) bond motifs is 4. The highest BCUT2D eigenvalue weighted by atomic mass is 35.5. The van der Waals surface area contributed by atoms with Crippen LogP contribution in [-0.4, -0.2) is 63.7 Å². The Morgan fingerprint density at radius 1 is 1.21 bits per heavy atom. The number of nitrogens with zero attached hydrogens (tertiary/aromatic N) is 1. The summed E-state index contributed by atoms with van der Waals surface area (Å²) >= 11 is 6.39. The second-order valence-electron chi connectivity index (χ2n) is 12.6. The van der Waals surface area contributed by atoms with Gasteiger partial charge in [-0.15, -0.1) is 0 Å². The van der Waals surface area contributed by atoms with Crippen LogP contribution in [0.4, 0.5) is 5.69 Å². The summed E-state index contributed by atoms with van der Waals surface area (Å²) in [5.74, 6) is 0.333. The van der Waals surface area contributed by atoms with Crippen LogP contribution in [0.2, 0.25) is 5.02 Å². The quantitative estimate of drug-likeness (QED) is 0.450. The number of anilines is 1. The summed E-state index contributed by atoms with van der Waals surface area (Å²) in [6, 6.07) is 11.3. The van der Waals surface area contributed by atoms with E-state index in [4.69, 9.17) is 21.1 Å². The Bertz CT molecular complexity index is 1510. The molecule has 0 unspecified atom stereocenters. The summed E-state index contributed by atoms with van der Waals surface area (Å²) in [6.07, 6.45) is 7.74. The highest BCUT2D eigenvalue weighted by Crippen LogP contribution is 2.46. The maximum absolute atomic E-state index is 13.5. The number of carbonyl (C=O) groups excluding carboxylic acids is 1. The van der Waals surface area contributed by atoms with Crippen molar-refractivity contribution in [2.24, 2.45) is 11.8 Å². The number of ether oxygens (including phenoxy) is 2. The molecule has 2 bridgehead atoms. The number of aliphatic hydroxyl groups is 1. The first-order valence-corrected chi connectivity index (χ1v) is 17.3. The van der Waals surface area contributed by atoms with Gasteiger partial charge in [0.2, 0.25) is 10.0 Å². The van der Waals surface area contributed by atoms with E-state index >= 15 is 0 Å². The predicted molar refractivity (Wildman–Crippen MR) is 167 cm³/mol. The van der Waals surface area contributed by atoms with Gasteiger partial charge in [-0.3, -0.25) is 4.79 Å². The largest absolute Gasteiger partial charge is 0.490 e. The Hall–Kier alpha value is -2.59. The van der Waals surface area contributed by atoms with Crippen LogP contribution >= 0.6 is 11.6 Å². The number of carbonyl (C=O) groups is 1. The monoisotopic (exact) mass is 628 g/mol. The molecule has 43 heavy (non-hydrogen) atoms. The third kappa shape index (κ3) is 5.81. The molecule has 2 aliphatic carbocycles. The average Bonchev–Trinajstić information content (AvgIpc) is 3.10. The Balaban J connectivity index is 1.42. The molecule has 6 atom stereocenters. The molecule has 4 aliphatic rings. The fourth-order valence-corrected chi connectivity index (χ4v) is 9.43. The molecule has 6 rings (SSSR count). The second kappa shape index (κ2) is 12.1. The lowest BCUT2D eigenvalue weighted by Crippen LogP contribution is -2.49. The third-order valence-electron chi connectivity index (χ3n) is 10.1. The molecule has 1 fully saturated rings. The van der Waals surface area contributed by atoms with Gasteiger partial charge in [-0.1, -0.05) is 36.7 Å². The highest BCUT2D eigenvalue weighted by molar-refractivity contribution is 7.90. The van der Waals surface area contributed by atoms with Crippen molar-refractivity contribution in [3.05, 3.63) is 70.3 Å². The van der Waals surface area contributed by atoms with Gasteiger partial charge in [0.15, 0.2) is 0 Å². The standard InChI is InChI=1S/C33H41ClN2O6S/c1-3-31-30(41-2)8-4-7-28(37)25-12-9-23(25)18-36-19-33(15-5-6-21-16-24(34)11-13-26(21)33)20-42-29-14-10-22(17-27(29)36)32(38)35-43(31,39)40/h4,7,10-11,13-14,16-17,23,25,28,30-31,37H,3,5-6,8-9,12,15,18-20H2,1-2H3,(H,35,38)/b7-4+/t23-,25+,28-,30-,31-,33-/m0/s1. The summed E-state index contributed by atoms with van der Waals surface area (Å²) in [4.78, 5) is 15.8. The van der Waals surface area contributed by atoms with Crippen LogP contribution in [0.5, 0.6) is 5.75 Å². The lowest BCUT2D eigenvalue weighted by molar-refractivity contribution is 0.0451. The molecule has 1 amide bonds. The number of sulfonamides is 1. The van der Waals surface area contributed by atoms with E-state index < -0.39 is 33.4 Å². The molecule has 8 nitrogen and oxygen atoms in total. The SMILES string of the molecule is CC[C@H]1[C@@H](OC)C/C=C/[C@H](O)[C@@H]2CC[C@H]2CN2C[C@@]3(CCCc4cc(Cl)ccc43)COc3ccc(cc32)C(=O)NS1(=O)=O. The van der Waals surface area contributed by atoms with Crippen LogP contribution in [0, 0.1) is 11.8 Å². The molecule has 0 radical (unpaired) electrons. The zero-order chi connectivity index (χ0) is 30.4. The van der Waals surface area contributed by atoms with Crippen LogP contribution in [0.15, 0.2) is 48.6 Å². The van der Waals surface area contributed by atoms with Gasteiger partial charge in [0, 0.05) is 36.2 Å². The molecule has 10 heteroatoms. The minimum absolute atomic E-state index is 0.0864. The van der Waals surface area contributed by atoms with E-state index in [2.05, 4.69) is 21.8 Å². The molecule has 2 aliphatic heterocycles. The summed E-state index contributed by atoms with van der Waals surface area (Å²) in [7, 11) is -2.59. The van der Waals surface area contributed by atoms with Gasteiger partial charge in [-0.25, -0.2) is 13.1 Å². The Morgan fingerprint density at radius 2 is 2.05 bits per heavy atom. The number of rotatable bonds is 2. The van der Waals surface area contributed by atoms with Gasteiger partial charge in [0.05, 0.1) is 24.5 Å². The van der Waals surface area contributed by atoms with Crippen LogP contribution in [0.25, 0.3) is 0 Å². The molecule has 2 aromatic carbocycles. The van der Waals surface area contributed by atoms with Crippen molar-refractivity contribution in [1.82, 2.24) is 4.72 Å².